The summed E-state index contributed by atoms with van der Waals surface area (Å²) in [4.78, 5) is 50.5. The van der Waals surface area contributed by atoms with E-state index in [9.17, 15) is 35.4 Å². The molecule has 11 nitrogen and oxygen atoms in total. The van der Waals surface area contributed by atoms with Gasteiger partial charge in [-0.2, -0.15) is 15.8 Å². The van der Waals surface area contributed by atoms with Gasteiger partial charge in [-0.15, -0.1) is 0 Å². The summed E-state index contributed by atoms with van der Waals surface area (Å²) < 4.78 is 0. The molecular formula is C66H26N8O3. The van der Waals surface area contributed by atoms with Gasteiger partial charge in [0.25, 0.3) is 17.9 Å². The number of fused-ring (bicyclic) bond motifs is 24. The fourth-order valence-corrected chi connectivity index (χ4v) is 12.0. The zero-order chi connectivity index (χ0) is 53.4. The van der Waals surface area contributed by atoms with Crippen molar-refractivity contribution in [3.05, 3.63) is 261 Å². The van der Waals surface area contributed by atoms with E-state index in [0.29, 0.717) is 98.6 Å². The zero-order valence-corrected chi connectivity index (χ0v) is 39.9. The average molecular weight is 979 g/mol. The Kier molecular flexibility index (Phi) is 10.5. The Bertz CT molecular complexity index is 4630. The Morgan fingerprint density at radius 2 is 0.636 bits per heavy atom. The van der Waals surface area contributed by atoms with E-state index in [1.54, 1.807) is 24.3 Å². The number of nitrogens with zero attached hydrogens (tertiary/aromatic N) is 8. The number of hydrogen-bond acceptors (Lipinski definition) is 8. The monoisotopic (exact) mass is 978 g/mol. The van der Waals surface area contributed by atoms with Crippen molar-refractivity contribution in [3.8, 4) is 63.7 Å². The molecule has 348 valence electrons. The summed E-state index contributed by atoms with van der Waals surface area (Å²) in [5, 5.41) is 55.7. The van der Waals surface area contributed by atoms with Crippen molar-refractivity contribution in [2.75, 3.05) is 6.54 Å². The fraction of sp³-hybridized carbons (Fsp3) is 0.0152. The van der Waals surface area contributed by atoms with E-state index >= 15 is 0 Å². The highest BCUT2D eigenvalue weighted by Crippen LogP contribution is 2.65. The van der Waals surface area contributed by atoms with Crippen molar-refractivity contribution in [2.24, 2.45) is 0 Å². The molecule has 3 aliphatic carbocycles. The standard InChI is InChI=1S/C36H12N6.C27H12O3.C3H2N2/c1-41-26(17-39)29-21-10-4-7-13-24(21)32-34-28(19(15-37)16-38)20-9-3-6-12-23(20)31(34)35-30(27(18-40)42-2)22-11-5-8-14-25(22)33(35)36(29)32;28-25-16-10-4-1-7-13(16)19-22(25)20-15-9-3-6-12-18(15)27(30)24(20)21-14-8-2-5-11-17(14)26(29)23(19)21;1-5-3-2-4/h3-14H;1-12H;3H2/b29-26-,30-27+;;. The normalized spacial score (nSPS) is 13.1. The van der Waals surface area contributed by atoms with Crippen LogP contribution in [-0.2, 0) is 0 Å². The maximum Gasteiger partial charge on any atom is 0.298 e. The van der Waals surface area contributed by atoms with Gasteiger partial charge >= 0.3 is 0 Å². The minimum atomic E-state index is -0.118. The molecule has 0 amide bonds. The maximum absolute atomic E-state index is 13.5. The van der Waals surface area contributed by atoms with E-state index in [4.69, 9.17) is 25.0 Å². The summed E-state index contributed by atoms with van der Waals surface area (Å²) in [5.41, 5.74) is 9.22. The van der Waals surface area contributed by atoms with Crippen LogP contribution in [0.4, 0.5) is 0 Å². The number of nitriles is 5. The van der Waals surface area contributed by atoms with Gasteiger partial charge in [0.1, 0.15) is 23.8 Å². The highest BCUT2D eigenvalue weighted by atomic mass is 16.1. The molecule has 0 aliphatic heterocycles. The van der Waals surface area contributed by atoms with Crippen molar-refractivity contribution in [1.82, 2.24) is 0 Å². The molecule has 0 unspecified atom stereocenters. The third-order valence-corrected chi connectivity index (χ3v) is 14.7. The molecule has 0 bridgehead atoms. The van der Waals surface area contributed by atoms with Crippen LogP contribution in [0.3, 0.4) is 0 Å². The van der Waals surface area contributed by atoms with Crippen LogP contribution in [0.1, 0.15) is 33.4 Å². The smallest absolute Gasteiger partial charge is 0.298 e. The third-order valence-electron chi connectivity index (χ3n) is 14.7. The highest BCUT2D eigenvalue weighted by Gasteiger charge is 2.44. The number of allylic oxidation sites excluding steroid dienone is 3. The number of rotatable bonds is 0. The maximum atomic E-state index is 13.5. The van der Waals surface area contributed by atoms with Crippen LogP contribution in [0, 0.1) is 76.4 Å². The summed E-state index contributed by atoms with van der Waals surface area (Å²) in [5.74, 6) is 0. The van der Waals surface area contributed by atoms with Gasteiger partial charge in [0.15, 0.2) is 16.3 Å². The second-order valence-electron chi connectivity index (χ2n) is 18.1. The van der Waals surface area contributed by atoms with Crippen molar-refractivity contribution < 1.29 is 0 Å². The van der Waals surface area contributed by atoms with Gasteiger partial charge in [0.2, 0.25) is 0 Å². The molecule has 0 radical (unpaired) electrons. The predicted molar refractivity (Wildman–Crippen MR) is 297 cm³/mol. The Morgan fingerprint density at radius 3 is 0.909 bits per heavy atom. The van der Waals surface area contributed by atoms with E-state index < -0.39 is 0 Å². The lowest BCUT2D eigenvalue weighted by molar-refractivity contribution is 1.43. The van der Waals surface area contributed by atoms with Crippen LogP contribution < -0.4 is 16.3 Å². The Balaban J connectivity index is 0.000000148. The van der Waals surface area contributed by atoms with Gasteiger partial charge in [-0.05, 0) is 77.4 Å². The average Bonchev–Trinajstić information content (AvgIpc) is 4.48. The van der Waals surface area contributed by atoms with E-state index in [-0.39, 0.29) is 39.8 Å². The van der Waals surface area contributed by atoms with E-state index in [0.717, 1.165) is 49.5 Å². The van der Waals surface area contributed by atoms with E-state index in [1.165, 1.54) is 0 Å². The van der Waals surface area contributed by atoms with Crippen LogP contribution in [0.25, 0.3) is 129 Å². The molecule has 0 fully saturated rings. The predicted octanol–water partition coefficient (Wildman–Crippen LogP) is 13.3. The van der Waals surface area contributed by atoms with Crippen LogP contribution in [0.2, 0.25) is 0 Å². The lowest BCUT2D eigenvalue weighted by Crippen LogP contribution is -1.99. The molecule has 77 heavy (non-hydrogen) atoms. The van der Waals surface area contributed by atoms with Crippen molar-refractivity contribution in [3.63, 3.8) is 0 Å². The number of hydrogen-bond donors (Lipinski definition) is 0. The van der Waals surface area contributed by atoms with Crippen molar-refractivity contribution >= 4 is 81.4 Å². The fourth-order valence-electron chi connectivity index (χ4n) is 12.0. The molecule has 11 aromatic rings. The van der Waals surface area contributed by atoms with E-state index in [1.807, 2.05) is 127 Å². The summed E-state index contributed by atoms with van der Waals surface area (Å²) in [6.45, 7) is 21.8. The molecule has 0 aromatic heterocycles. The lowest BCUT2D eigenvalue weighted by atomic mass is 9.83. The second-order valence-corrected chi connectivity index (χ2v) is 18.1. The molecule has 0 N–H and O–H groups in total. The van der Waals surface area contributed by atoms with Gasteiger partial charge < -0.3 is 4.85 Å². The third kappa shape index (κ3) is 6.13. The quantitative estimate of drug-likeness (QED) is 0.0816. The summed E-state index contributed by atoms with van der Waals surface area (Å²) in [6, 6.07) is 54.7. The first-order valence-electron chi connectivity index (χ1n) is 23.7. The van der Waals surface area contributed by atoms with Crippen molar-refractivity contribution in [1.29, 1.82) is 26.3 Å². The first-order valence-corrected chi connectivity index (χ1v) is 23.7. The minimum absolute atomic E-state index is 0.0139. The Hall–Kier alpha value is -12.1. The lowest BCUT2D eigenvalue weighted by Gasteiger charge is -2.19. The number of benzene rings is 8. The van der Waals surface area contributed by atoms with Gasteiger partial charge in [0.05, 0.1) is 25.3 Å². The molecule has 0 saturated heterocycles. The molecule has 0 spiro atoms. The van der Waals surface area contributed by atoms with Crippen LogP contribution in [0.5, 0.6) is 0 Å². The molecular weight excluding hydrogens is 953 g/mol. The Labute approximate surface area is 436 Å². The molecule has 0 heterocycles. The minimum Gasteiger partial charge on any atom is -0.301 e. The molecule has 0 saturated carbocycles. The van der Waals surface area contributed by atoms with E-state index in [2.05, 4.69) is 38.8 Å². The van der Waals surface area contributed by atoms with Crippen LogP contribution in [0.15, 0.2) is 177 Å². The van der Waals surface area contributed by atoms with Crippen molar-refractivity contribution in [2.45, 2.75) is 0 Å². The molecule has 11 aromatic carbocycles. The molecule has 3 aliphatic rings. The van der Waals surface area contributed by atoms with Gasteiger partial charge in [-0.1, -0.05) is 146 Å². The molecule has 14 rings (SSSR count). The first kappa shape index (κ1) is 46.0. The summed E-state index contributed by atoms with van der Waals surface area (Å²) >= 11 is 0. The second kappa shape index (κ2) is 17.6. The zero-order valence-electron chi connectivity index (χ0n) is 39.9. The topological polar surface area (TPSA) is 183 Å². The van der Waals surface area contributed by atoms with Crippen LogP contribution in [-0.4, -0.2) is 6.54 Å². The van der Waals surface area contributed by atoms with Gasteiger partial charge in [-0.3, -0.25) is 14.4 Å². The summed E-state index contributed by atoms with van der Waals surface area (Å²) in [7, 11) is 0. The SMILES string of the molecule is O=c1c2ccccc2c2c1c1c3ccccc3c(=O)c1c1c3ccccc3c(=O)c21.[C-]#[N+]/C(C#N)=C1/c2ccccc2-c2c3c(c4c(c21)-c1ccccc1/C4=C(/C#N)[N+]#[C-])-c1ccccc1C3=C(C#N)C#N.[C-]#[N+]CC#N. The Morgan fingerprint density at radius 1 is 0.351 bits per heavy atom. The summed E-state index contributed by atoms with van der Waals surface area (Å²) in [6.07, 6.45) is 0. The van der Waals surface area contributed by atoms with Gasteiger partial charge in [0, 0.05) is 70.8 Å². The largest absolute Gasteiger partial charge is 0.301 e. The van der Waals surface area contributed by atoms with Crippen LogP contribution >= 0.6 is 0 Å². The molecule has 0 atom stereocenters. The van der Waals surface area contributed by atoms with Gasteiger partial charge in [-0.25, -0.2) is 26.8 Å². The first-order chi connectivity index (χ1) is 37.7. The molecule has 11 heteroatoms. The highest BCUT2D eigenvalue weighted by molar-refractivity contribution is 6.42.